The quantitative estimate of drug-likeness (QED) is 0.323. The fourth-order valence-corrected chi connectivity index (χ4v) is 4.37. The third kappa shape index (κ3) is 4.88. The van der Waals surface area contributed by atoms with Gasteiger partial charge in [0.25, 0.3) is 0 Å². The second-order valence-electron chi connectivity index (χ2n) is 7.77. The topological polar surface area (TPSA) is 64.9 Å². The van der Waals surface area contributed by atoms with Gasteiger partial charge in [-0.1, -0.05) is 12.1 Å². The van der Waals surface area contributed by atoms with Gasteiger partial charge in [-0.15, -0.1) is 0 Å². The van der Waals surface area contributed by atoms with E-state index in [0.717, 1.165) is 64.7 Å². The molecule has 6 nitrogen and oxygen atoms in total. The van der Waals surface area contributed by atoms with E-state index in [4.69, 9.17) is 9.72 Å². The Balaban J connectivity index is 1.57. The molecule has 4 aromatic rings. The van der Waals surface area contributed by atoms with Gasteiger partial charge in [0.1, 0.15) is 17.4 Å². The van der Waals surface area contributed by atoms with Gasteiger partial charge in [0.05, 0.1) is 23.4 Å². The summed E-state index contributed by atoms with van der Waals surface area (Å²) < 4.78 is 36.1. The number of hydrogen-bond acceptors (Lipinski definition) is 5. The van der Waals surface area contributed by atoms with Crippen LogP contribution in [0.15, 0.2) is 61.1 Å². The number of ether oxygens (including phenoxy) is 1. The molecular weight excluding hydrogens is 539 g/mol. The zero-order valence-electron chi connectivity index (χ0n) is 17.5. The number of benzene rings is 2. The average Bonchev–Trinajstić information content (AvgIpc) is 3.25. The molecule has 0 saturated carbocycles. The highest BCUT2D eigenvalue weighted by molar-refractivity contribution is 14.1. The Bertz CT molecular complexity index is 1250. The lowest BCUT2D eigenvalue weighted by Gasteiger charge is -2.25. The number of imidazole rings is 1. The standard InChI is InChI=1S/C24H20F2IN5O/c25-16-11-17(26)13-20(12-16)33-24-29-10-7-21(31-24)23-22(15-1-3-18(27)4-2-15)30-14-32(23)19-5-8-28-9-6-19/h1-4,7,10-14,19,28H,5-6,8-9H2. The first kappa shape index (κ1) is 21.9. The molecule has 3 heterocycles. The third-order valence-corrected chi connectivity index (χ3v) is 6.25. The summed E-state index contributed by atoms with van der Waals surface area (Å²) in [7, 11) is 0. The number of nitrogens with zero attached hydrogens (tertiary/aromatic N) is 4. The molecule has 1 N–H and O–H groups in total. The molecule has 0 spiro atoms. The Hall–Kier alpha value is -2.92. The number of piperidine rings is 1. The molecule has 9 heteroatoms. The Morgan fingerprint density at radius 3 is 2.42 bits per heavy atom. The molecule has 168 valence electrons. The van der Waals surface area contributed by atoms with Crippen molar-refractivity contribution in [2.75, 3.05) is 13.1 Å². The van der Waals surface area contributed by atoms with E-state index >= 15 is 0 Å². The summed E-state index contributed by atoms with van der Waals surface area (Å²) in [6.07, 6.45) is 5.40. The minimum Gasteiger partial charge on any atom is -0.424 e. The predicted molar refractivity (Wildman–Crippen MR) is 129 cm³/mol. The SMILES string of the molecule is Fc1cc(F)cc(Oc2nccc(-c3c(-c4ccc(I)cc4)ncn3C3CCNCC3)n2)c1. The summed E-state index contributed by atoms with van der Waals surface area (Å²) in [6.45, 7) is 1.87. The number of nitrogens with one attached hydrogen (secondary N) is 1. The van der Waals surface area contributed by atoms with Crippen LogP contribution in [0.3, 0.4) is 0 Å². The Labute approximate surface area is 203 Å². The van der Waals surface area contributed by atoms with Crippen LogP contribution in [0.4, 0.5) is 8.78 Å². The van der Waals surface area contributed by atoms with Gasteiger partial charge in [0.2, 0.25) is 0 Å². The number of aromatic nitrogens is 4. The van der Waals surface area contributed by atoms with Crippen molar-refractivity contribution in [3.05, 3.63) is 76.3 Å². The summed E-state index contributed by atoms with van der Waals surface area (Å²) in [5, 5.41) is 3.39. The van der Waals surface area contributed by atoms with E-state index in [9.17, 15) is 8.78 Å². The summed E-state index contributed by atoms with van der Waals surface area (Å²) in [6, 6.07) is 13.2. The van der Waals surface area contributed by atoms with E-state index in [0.29, 0.717) is 5.69 Å². The Morgan fingerprint density at radius 1 is 0.970 bits per heavy atom. The lowest BCUT2D eigenvalue weighted by molar-refractivity contribution is 0.370. The highest BCUT2D eigenvalue weighted by atomic mass is 127. The lowest BCUT2D eigenvalue weighted by atomic mass is 10.0. The van der Waals surface area contributed by atoms with Crippen molar-refractivity contribution < 1.29 is 13.5 Å². The van der Waals surface area contributed by atoms with E-state index in [1.54, 1.807) is 12.3 Å². The van der Waals surface area contributed by atoms with Crippen LogP contribution in [0.25, 0.3) is 22.6 Å². The summed E-state index contributed by atoms with van der Waals surface area (Å²) in [5.41, 5.74) is 3.28. The van der Waals surface area contributed by atoms with E-state index in [2.05, 4.69) is 42.4 Å². The normalized spacial score (nSPS) is 14.4. The van der Waals surface area contributed by atoms with Crippen LogP contribution >= 0.6 is 22.6 Å². The molecule has 0 bridgehead atoms. The smallest absolute Gasteiger partial charge is 0.322 e. The van der Waals surface area contributed by atoms with Gasteiger partial charge >= 0.3 is 6.01 Å². The molecule has 1 fully saturated rings. The van der Waals surface area contributed by atoms with Gasteiger partial charge < -0.3 is 14.6 Å². The Kier molecular flexibility index (Phi) is 6.32. The van der Waals surface area contributed by atoms with Gasteiger partial charge in [-0.05, 0) is 66.7 Å². The monoisotopic (exact) mass is 559 g/mol. The van der Waals surface area contributed by atoms with E-state index in [1.165, 1.54) is 0 Å². The molecule has 33 heavy (non-hydrogen) atoms. The zero-order valence-corrected chi connectivity index (χ0v) is 19.7. The molecule has 2 aromatic heterocycles. The highest BCUT2D eigenvalue weighted by Gasteiger charge is 2.23. The predicted octanol–water partition coefficient (Wildman–Crippen LogP) is 5.61. The van der Waals surface area contributed by atoms with Crippen LogP contribution in [-0.2, 0) is 0 Å². The molecule has 0 unspecified atom stereocenters. The average molecular weight is 559 g/mol. The molecule has 0 atom stereocenters. The lowest BCUT2D eigenvalue weighted by Crippen LogP contribution is -2.29. The van der Waals surface area contributed by atoms with Gasteiger partial charge in [0, 0.05) is 39.6 Å². The fraction of sp³-hybridized carbons (Fsp3) is 0.208. The second-order valence-corrected chi connectivity index (χ2v) is 9.01. The van der Waals surface area contributed by atoms with Crippen molar-refractivity contribution in [1.29, 1.82) is 0 Å². The van der Waals surface area contributed by atoms with Gasteiger partial charge in [0.15, 0.2) is 0 Å². The van der Waals surface area contributed by atoms with Crippen LogP contribution in [0.2, 0.25) is 0 Å². The largest absolute Gasteiger partial charge is 0.424 e. The van der Waals surface area contributed by atoms with E-state index < -0.39 is 11.6 Å². The minimum absolute atomic E-state index is 0.00382. The minimum atomic E-state index is -0.730. The molecular formula is C24H20F2IN5O. The van der Waals surface area contributed by atoms with Crippen molar-refractivity contribution >= 4 is 22.6 Å². The zero-order chi connectivity index (χ0) is 22.8. The maximum Gasteiger partial charge on any atom is 0.322 e. The van der Waals surface area contributed by atoms with Crippen LogP contribution in [0.5, 0.6) is 11.8 Å². The molecule has 2 aromatic carbocycles. The molecule has 1 aliphatic heterocycles. The van der Waals surface area contributed by atoms with Gasteiger partial charge in [-0.2, -0.15) is 4.98 Å². The summed E-state index contributed by atoms with van der Waals surface area (Å²) in [4.78, 5) is 13.5. The first-order chi connectivity index (χ1) is 16.1. The summed E-state index contributed by atoms with van der Waals surface area (Å²) in [5.74, 6) is -1.47. The third-order valence-electron chi connectivity index (χ3n) is 5.53. The first-order valence-electron chi connectivity index (χ1n) is 10.6. The van der Waals surface area contributed by atoms with Crippen molar-refractivity contribution in [2.24, 2.45) is 0 Å². The maximum absolute atomic E-state index is 13.6. The maximum atomic E-state index is 13.6. The second kappa shape index (κ2) is 9.52. The summed E-state index contributed by atoms with van der Waals surface area (Å²) >= 11 is 2.27. The van der Waals surface area contributed by atoms with Crippen LogP contribution in [0.1, 0.15) is 18.9 Å². The molecule has 5 rings (SSSR count). The fourth-order valence-electron chi connectivity index (χ4n) is 4.01. The van der Waals surface area contributed by atoms with Crippen molar-refractivity contribution in [2.45, 2.75) is 18.9 Å². The van der Waals surface area contributed by atoms with Gasteiger partial charge in [-0.3, -0.25) is 0 Å². The Morgan fingerprint density at radius 2 is 1.70 bits per heavy atom. The van der Waals surface area contributed by atoms with Crippen molar-refractivity contribution in [3.63, 3.8) is 0 Å². The first-order valence-corrected chi connectivity index (χ1v) is 11.7. The van der Waals surface area contributed by atoms with Gasteiger partial charge in [-0.25, -0.2) is 18.7 Å². The number of rotatable bonds is 5. The van der Waals surface area contributed by atoms with Crippen LogP contribution < -0.4 is 10.1 Å². The van der Waals surface area contributed by atoms with E-state index in [1.807, 2.05) is 30.6 Å². The van der Waals surface area contributed by atoms with E-state index in [-0.39, 0.29) is 17.8 Å². The van der Waals surface area contributed by atoms with Crippen LogP contribution in [0, 0.1) is 15.2 Å². The highest BCUT2D eigenvalue weighted by Crippen LogP contribution is 2.35. The molecule has 0 radical (unpaired) electrons. The molecule has 1 saturated heterocycles. The van der Waals surface area contributed by atoms with Crippen molar-refractivity contribution in [1.82, 2.24) is 24.8 Å². The number of halogens is 3. The molecule has 0 amide bonds. The van der Waals surface area contributed by atoms with Crippen LogP contribution in [-0.4, -0.2) is 32.6 Å². The molecule has 1 aliphatic rings. The number of hydrogen-bond donors (Lipinski definition) is 1. The molecule has 0 aliphatic carbocycles. The van der Waals surface area contributed by atoms with Crippen molar-refractivity contribution in [3.8, 4) is 34.4 Å².